The summed E-state index contributed by atoms with van der Waals surface area (Å²) in [4.78, 5) is 12.1. The van der Waals surface area contributed by atoms with E-state index in [-0.39, 0.29) is 17.9 Å². The number of carbonyl (C=O) groups is 1. The van der Waals surface area contributed by atoms with Crippen LogP contribution in [0.1, 0.15) is 39.6 Å². The number of hydrogen-bond acceptors (Lipinski definition) is 5. The normalized spacial score (nSPS) is 19.1. The highest BCUT2D eigenvalue weighted by atomic mass is 16.5. The SMILES string of the molecule is CCOC(=O)C1=C(C)Cc2nnnn2C1C(C)C. The van der Waals surface area contributed by atoms with Gasteiger partial charge in [-0.15, -0.1) is 5.10 Å². The largest absolute Gasteiger partial charge is 0.463 e. The van der Waals surface area contributed by atoms with Crippen LogP contribution in [-0.4, -0.2) is 32.8 Å². The zero-order valence-corrected chi connectivity index (χ0v) is 11.2. The molecule has 0 bridgehead atoms. The molecule has 2 rings (SSSR count). The van der Waals surface area contributed by atoms with Crippen molar-refractivity contribution in [3.05, 3.63) is 17.0 Å². The fraction of sp³-hybridized carbons (Fsp3) is 0.667. The molecular formula is C12H18N4O2. The summed E-state index contributed by atoms with van der Waals surface area (Å²) in [5.41, 5.74) is 1.70. The number of rotatable bonds is 3. The molecule has 0 spiro atoms. The van der Waals surface area contributed by atoms with E-state index >= 15 is 0 Å². The average Bonchev–Trinajstić information content (AvgIpc) is 2.74. The van der Waals surface area contributed by atoms with Gasteiger partial charge in [0.05, 0.1) is 18.2 Å². The molecule has 2 heterocycles. The van der Waals surface area contributed by atoms with Crippen LogP contribution in [0.2, 0.25) is 0 Å². The molecule has 6 heteroatoms. The molecule has 1 aliphatic heterocycles. The van der Waals surface area contributed by atoms with E-state index in [1.165, 1.54) is 0 Å². The van der Waals surface area contributed by atoms with Crippen molar-refractivity contribution in [2.45, 2.75) is 40.2 Å². The van der Waals surface area contributed by atoms with E-state index in [4.69, 9.17) is 4.74 Å². The van der Waals surface area contributed by atoms with Crippen LogP contribution in [0, 0.1) is 5.92 Å². The van der Waals surface area contributed by atoms with Crippen molar-refractivity contribution >= 4 is 5.97 Å². The van der Waals surface area contributed by atoms with Gasteiger partial charge in [0, 0.05) is 6.42 Å². The van der Waals surface area contributed by atoms with Gasteiger partial charge in [-0.3, -0.25) is 0 Å². The van der Waals surface area contributed by atoms with Crippen LogP contribution in [-0.2, 0) is 16.0 Å². The molecule has 1 aliphatic rings. The molecule has 18 heavy (non-hydrogen) atoms. The van der Waals surface area contributed by atoms with Crippen molar-refractivity contribution in [3.63, 3.8) is 0 Å². The van der Waals surface area contributed by atoms with Crippen LogP contribution < -0.4 is 0 Å². The minimum absolute atomic E-state index is 0.136. The van der Waals surface area contributed by atoms with Crippen LogP contribution in [0.15, 0.2) is 11.1 Å². The van der Waals surface area contributed by atoms with E-state index in [1.807, 2.05) is 27.7 Å². The smallest absolute Gasteiger partial charge is 0.336 e. The first-order valence-electron chi connectivity index (χ1n) is 6.19. The van der Waals surface area contributed by atoms with Crippen molar-refractivity contribution < 1.29 is 9.53 Å². The van der Waals surface area contributed by atoms with E-state index in [2.05, 4.69) is 15.5 Å². The van der Waals surface area contributed by atoms with E-state index in [0.29, 0.717) is 18.6 Å². The fourth-order valence-corrected chi connectivity index (χ4v) is 2.37. The molecule has 0 saturated heterocycles. The highest BCUT2D eigenvalue weighted by molar-refractivity contribution is 5.90. The monoisotopic (exact) mass is 250 g/mol. The lowest BCUT2D eigenvalue weighted by Crippen LogP contribution is -2.31. The van der Waals surface area contributed by atoms with Crippen molar-refractivity contribution in [1.82, 2.24) is 20.2 Å². The maximum atomic E-state index is 12.1. The molecule has 0 N–H and O–H groups in total. The second kappa shape index (κ2) is 4.88. The summed E-state index contributed by atoms with van der Waals surface area (Å²) in [6.07, 6.45) is 0.602. The van der Waals surface area contributed by atoms with Gasteiger partial charge in [-0.05, 0) is 30.2 Å². The Morgan fingerprint density at radius 1 is 1.56 bits per heavy atom. The van der Waals surface area contributed by atoms with Crippen LogP contribution in [0.3, 0.4) is 0 Å². The van der Waals surface area contributed by atoms with Gasteiger partial charge in [-0.1, -0.05) is 19.4 Å². The van der Waals surface area contributed by atoms with Crippen molar-refractivity contribution in [2.24, 2.45) is 5.92 Å². The summed E-state index contributed by atoms with van der Waals surface area (Å²) in [7, 11) is 0. The summed E-state index contributed by atoms with van der Waals surface area (Å²) in [5.74, 6) is 0.774. The summed E-state index contributed by atoms with van der Waals surface area (Å²) >= 11 is 0. The number of allylic oxidation sites excluding steroid dienone is 1. The minimum atomic E-state index is -0.255. The number of ether oxygens (including phenoxy) is 1. The second-order valence-corrected chi connectivity index (χ2v) is 4.82. The van der Waals surface area contributed by atoms with Gasteiger partial charge in [0.25, 0.3) is 0 Å². The van der Waals surface area contributed by atoms with Gasteiger partial charge in [0.15, 0.2) is 5.82 Å². The first-order valence-corrected chi connectivity index (χ1v) is 6.19. The number of carbonyl (C=O) groups excluding carboxylic acids is 1. The molecule has 98 valence electrons. The van der Waals surface area contributed by atoms with Gasteiger partial charge in [-0.25, -0.2) is 9.48 Å². The third-order valence-electron chi connectivity index (χ3n) is 3.13. The van der Waals surface area contributed by atoms with Gasteiger partial charge in [-0.2, -0.15) is 0 Å². The van der Waals surface area contributed by atoms with Crippen LogP contribution >= 0.6 is 0 Å². The predicted molar refractivity (Wildman–Crippen MR) is 64.7 cm³/mol. The number of tetrazole rings is 1. The predicted octanol–water partition coefficient (Wildman–Crippen LogP) is 1.31. The van der Waals surface area contributed by atoms with E-state index < -0.39 is 0 Å². The molecule has 0 fully saturated rings. The van der Waals surface area contributed by atoms with Crippen molar-refractivity contribution in [2.75, 3.05) is 6.61 Å². The molecule has 0 aliphatic carbocycles. The molecule has 0 radical (unpaired) electrons. The van der Waals surface area contributed by atoms with E-state index in [0.717, 1.165) is 11.4 Å². The van der Waals surface area contributed by atoms with Gasteiger partial charge in [0.1, 0.15) is 0 Å². The van der Waals surface area contributed by atoms with Gasteiger partial charge >= 0.3 is 5.97 Å². The molecular weight excluding hydrogens is 232 g/mol. The van der Waals surface area contributed by atoms with Gasteiger partial charge < -0.3 is 4.74 Å². The maximum absolute atomic E-state index is 12.1. The third-order valence-corrected chi connectivity index (χ3v) is 3.13. The Labute approximate surface area is 106 Å². The first-order chi connectivity index (χ1) is 8.56. The Kier molecular flexibility index (Phi) is 3.45. The lowest BCUT2D eigenvalue weighted by atomic mass is 9.88. The number of nitrogens with zero attached hydrogens (tertiary/aromatic N) is 4. The standard InChI is InChI=1S/C12H18N4O2/c1-5-18-12(17)10-8(4)6-9-13-14-15-16(9)11(10)7(2)3/h7,11H,5-6H2,1-4H3. The quantitative estimate of drug-likeness (QED) is 0.756. The molecule has 0 saturated carbocycles. The number of aromatic nitrogens is 4. The Morgan fingerprint density at radius 3 is 2.89 bits per heavy atom. The lowest BCUT2D eigenvalue weighted by molar-refractivity contribution is -0.139. The highest BCUT2D eigenvalue weighted by Crippen LogP contribution is 2.34. The highest BCUT2D eigenvalue weighted by Gasteiger charge is 2.35. The molecule has 1 aromatic heterocycles. The van der Waals surface area contributed by atoms with E-state index in [9.17, 15) is 4.79 Å². The Balaban J connectivity index is 2.45. The lowest BCUT2D eigenvalue weighted by Gasteiger charge is -2.29. The summed E-state index contributed by atoms with van der Waals surface area (Å²) < 4.78 is 6.89. The molecule has 6 nitrogen and oxygen atoms in total. The van der Waals surface area contributed by atoms with Gasteiger partial charge in [0.2, 0.25) is 0 Å². The van der Waals surface area contributed by atoms with Crippen LogP contribution in [0.25, 0.3) is 0 Å². The van der Waals surface area contributed by atoms with E-state index in [1.54, 1.807) is 4.68 Å². The molecule has 1 unspecified atom stereocenters. The fourth-order valence-electron chi connectivity index (χ4n) is 2.37. The molecule has 0 amide bonds. The number of fused-ring (bicyclic) bond motifs is 1. The first kappa shape index (κ1) is 12.7. The number of hydrogen-bond donors (Lipinski definition) is 0. The second-order valence-electron chi connectivity index (χ2n) is 4.82. The summed E-state index contributed by atoms with van der Waals surface area (Å²) in [5, 5.41) is 11.7. The maximum Gasteiger partial charge on any atom is 0.336 e. The molecule has 1 atom stereocenters. The Bertz CT molecular complexity index is 490. The minimum Gasteiger partial charge on any atom is -0.463 e. The third kappa shape index (κ3) is 2.02. The number of esters is 1. The van der Waals surface area contributed by atoms with Crippen molar-refractivity contribution in [3.8, 4) is 0 Å². The summed E-state index contributed by atoms with van der Waals surface area (Å²) in [6, 6.07) is -0.136. The van der Waals surface area contributed by atoms with Crippen LogP contribution in [0.5, 0.6) is 0 Å². The Morgan fingerprint density at radius 2 is 2.28 bits per heavy atom. The molecule has 1 aromatic rings. The zero-order valence-electron chi connectivity index (χ0n) is 11.2. The van der Waals surface area contributed by atoms with Crippen LogP contribution in [0.4, 0.5) is 0 Å². The summed E-state index contributed by atoms with van der Waals surface area (Å²) in [6.45, 7) is 8.23. The van der Waals surface area contributed by atoms with Crippen molar-refractivity contribution in [1.29, 1.82) is 0 Å². The topological polar surface area (TPSA) is 69.9 Å². The Hall–Kier alpha value is -1.72. The zero-order chi connectivity index (χ0) is 13.3. The average molecular weight is 250 g/mol. The molecule has 0 aromatic carbocycles.